The Hall–Kier alpha value is -4.58. The van der Waals surface area contributed by atoms with Crippen LogP contribution in [0.4, 0.5) is 11.4 Å². The summed E-state index contributed by atoms with van der Waals surface area (Å²) in [5, 5.41) is 8.72. The van der Waals surface area contributed by atoms with Gasteiger partial charge in [0.1, 0.15) is 11.3 Å². The van der Waals surface area contributed by atoms with Crippen molar-refractivity contribution in [2.75, 3.05) is 17.2 Å². The fourth-order valence-electron chi connectivity index (χ4n) is 3.76. The van der Waals surface area contributed by atoms with Gasteiger partial charge in [-0.3, -0.25) is 9.59 Å². The second-order valence-corrected chi connectivity index (χ2v) is 7.98. The van der Waals surface area contributed by atoms with Crippen LogP contribution in [0, 0.1) is 6.92 Å². The number of hydrogen-bond acceptors (Lipinski definition) is 4. The van der Waals surface area contributed by atoms with Crippen LogP contribution in [0.5, 0.6) is 5.75 Å². The quantitative estimate of drug-likeness (QED) is 0.324. The molecule has 6 nitrogen and oxygen atoms in total. The monoisotopic (exact) mass is 450 g/mol. The molecule has 5 rings (SSSR count). The summed E-state index contributed by atoms with van der Waals surface area (Å²) in [5.74, 6) is 0.268. The Morgan fingerprint density at radius 1 is 0.794 bits per heavy atom. The maximum absolute atomic E-state index is 12.6. The molecule has 2 N–H and O–H groups in total. The van der Waals surface area contributed by atoms with E-state index < -0.39 is 0 Å². The van der Waals surface area contributed by atoms with Crippen LogP contribution in [0.15, 0.2) is 95.4 Å². The van der Waals surface area contributed by atoms with Crippen molar-refractivity contribution in [1.82, 2.24) is 0 Å². The molecular weight excluding hydrogens is 428 g/mol. The van der Waals surface area contributed by atoms with Crippen molar-refractivity contribution in [2.24, 2.45) is 0 Å². The summed E-state index contributed by atoms with van der Waals surface area (Å²) in [6, 6.07) is 28.1. The third kappa shape index (κ3) is 4.61. The van der Waals surface area contributed by atoms with Gasteiger partial charge in [-0.1, -0.05) is 48.5 Å². The number of rotatable bonds is 6. The van der Waals surface area contributed by atoms with Gasteiger partial charge in [0.25, 0.3) is 11.8 Å². The number of aryl methyl sites for hydroxylation is 1. The highest BCUT2D eigenvalue weighted by Gasteiger charge is 2.14. The third-order valence-electron chi connectivity index (χ3n) is 5.50. The zero-order valence-electron chi connectivity index (χ0n) is 18.5. The molecule has 1 aromatic heterocycles. The van der Waals surface area contributed by atoms with E-state index in [0.717, 1.165) is 21.7 Å². The zero-order chi connectivity index (χ0) is 23.5. The number of benzene rings is 4. The van der Waals surface area contributed by atoms with E-state index >= 15 is 0 Å². The molecule has 0 spiro atoms. The van der Waals surface area contributed by atoms with Gasteiger partial charge in [-0.2, -0.15) is 0 Å². The van der Waals surface area contributed by atoms with E-state index in [9.17, 15) is 9.59 Å². The van der Waals surface area contributed by atoms with Gasteiger partial charge in [-0.25, -0.2) is 0 Å². The van der Waals surface area contributed by atoms with Gasteiger partial charge in [0.2, 0.25) is 0 Å². The second-order valence-electron chi connectivity index (χ2n) is 7.98. The molecule has 168 valence electrons. The molecule has 0 saturated heterocycles. The maximum atomic E-state index is 12.6. The minimum atomic E-state index is -0.333. The first-order chi connectivity index (χ1) is 16.5. The van der Waals surface area contributed by atoms with Crippen molar-refractivity contribution >= 4 is 44.9 Å². The molecule has 6 heteroatoms. The Kier molecular flexibility index (Phi) is 5.70. The summed E-state index contributed by atoms with van der Waals surface area (Å²) in [5.41, 5.74) is 2.72. The van der Waals surface area contributed by atoms with Crippen LogP contribution in [0.2, 0.25) is 0 Å². The highest BCUT2D eigenvalue weighted by molar-refractivity contribution is 6.05. The molecule has 0 aliphatic heterocycles. The molecule has 0 atom stereocenters. The lowest BCUT2D eigenvalue weighted by Gasteiger charge is -2.11. The predicted molar refractivity (Wildman–Crippen MR) is 133 cm³/mol. The maximum Gasteiger partial charge on any atom is 0.291 e. The van der Waals surface area contributed by atoms with Crippen molar-refractivity contribution in [2.45, 2.75) is 6.92 Å². The Balaban J connectivity index is 1.19. The first-order valence-electron chi connectivity index (χ1n) is 10.9. The predicted octanol–water partition coefficient (Wildman–Crippen LogP) is 6.16. The average Bonchev–Trinajstić information content (AvgIpc) is 3.29. The molecule has 2 amide bonds. The lowest BCUT2D eigenvalue weighted by Crippen LogP contribution is -2.20. The number of ether oxygens (including phenoxy) is 1. The number of carbonyl (C=O) groups is 2. The van der Waals surface area contributed by atoms with E-state index in [1.807, 2.05) is 73.7 Å². The summed E-state index contributed by atoms with van der Waals surface area (Å²) in [6.45, 7) is 1.75. The van der Waals surface area contributed by atoms with Gasteiger partial charge in [-0.05, 0) is 65.7 Å². The topological polar surface area (TPSA) is 80.6 Å². The Morgan fingerprint density at radius 2 is 1.56 bits per heavy atom. The number of carbonyl (C=O) groups excluding carboxylic acids is 2. The van der Waals surface area contributed by atoms with Gasteiger partial charge in [0.05, 0.1) is 0 Å². The number of amides is 2. The first-order valence-corrected chi connectivity index (χ1v) is 10.9. The molecule has 0 fully saturated rings. The molecule has 0 unspecified atom stereocenters. The third-order valence-corrected chi connectivity index (χ3v) is 5.50. The molecule has 0 aliphatic carbocycles. The average molecular weight is 450 g/mol. The van der Waals surface area contributed by atoms with Crippen molar-refractivity contribution in [3.05, 3.63) is 102 Å². The SMILES string of the molecule is Cc1cc(NC(=O)COc2ccc3ccccc3c2)ccc1NC(=O)c1cc2ccccc2o1. The molecule has 34 heavy (non-hydrogen) atoms. The number of anilines is 2. The van der Waals surface area contributed by atoms with Gasteiger partial charge in [-0.15, -0.1) is 0 Å². The summed E-state index contributed by atoms with van der Waals surface area (Å²) >= 11 is 0. The van der Waals surface area contributed by atoms with Crippen LogP contribution >= 0.6 is 0 Å². The van der Waals surface area contributed by atoms with E-state index in [-0.39, 0.29) is 24.2 Å². The molecular formula is C28H22N2O4. The molecule has 0 bridgehead atoms. The number of nitrogens with one attached hydrogen (secondary N) is 2. The number of fused-ring (bicyclic) bond motifs is 2. The van der Waals surface area contributed by atoms with Crippen molar-refractivity contribution in [3.8, 4) is 5.75 Å². The second kappa shape index (κ2) is 9.11. The summed E-state index contributed by atoms with van der Waals surface area (Å²) in [7, 11) is 0. The Bertz CT molecular complexity index is 1490. The Labute approximate surface area is 196 Å². The standard InChI is InChI=1S/C28H22N2O4/c1-18-14-22(29-27(31)17-33-23-12-10-19-6-2-3-7-20(19)15-23)11-13-24(18)30-28(32)26-16-21-8-4-5-9-25(21)34-26/h2-16H,17H2,1H3,(H,29,31)(H,30,32). The summed E-state index contributed by atoms with van der Waals surface area (Å²) in [6.07, 6.45) is 0. The summed E-state index contributed by atoms with van der Waals surface area (Å²) in [4.78, 5) is 25.0. The molecule has 4 aromatic carbocycles. The van der Waals surface area contributed by atoms with Crippen molar-refractivity contribution < 1.29 is 18.7 Å². The van der Waals surface area contributed by atoms with E-state index in [4.69, 9.17) is 9.15 Å². The minimum absolute atomic E-state index is 0.109. The van der Waals surface area contributed by atoms with Crippen LogP contribution in [-0.4, -0.2) is 18.4 Å². The van der Waals surface area contributed by atoms with E-state index in [1.54, 1.807) is 24.3 Å². The van der Waals surface area contributed by atoms with Crippen LogP contribution in [0.3, 0.4) is 0 Å². The van der Waals surface area contributed by atoms with Gasteiger partial charge in [0.15, 0.2) is 12.4 Å². The molecule has 0 radical (unpaired) electrons. The Morgan fingerprint density at radius 3 is 2.35 bits per heavy atom. The normalized spacial score (nSPS) is 10.9. The lowest BCUT2D eigenvalue weighted by atomic mass is 10.1. The number of furan rings is 1. The van der Waals surface area contributed by atoms with E-state index in [2.05, 4.69) is 10.6 Å². The molecule has 0 saturated carbocycles. The van der Waals surface area contributed by atoms with E-state index in [1.165, 1.54) is 0 Å². The van der Waals surface area contributed by atoms with E-state index in [0.29, 0.717) is 22.7 Å². The lowest BCUT2D eigenvalue weighted by molar-refractivity contribution is -0.118. The fourth-order valence-corrected chi connectivity index (χ4v) is 3.76. The number of para-hydroxylation sites is 1. The van der Waals surface area contributed by atoms with Crippen LogP contribution in [0.25, 0.3) is 21.7 Å². The molecule has 1 heterocycles. The van der Waals surface area contributed by atoms with Gasteiger partial charge >= 0.3 is 0 Å². The smallest absolute Gasteiger partial charge is 0.291 e. The fraction of sp³-hybridized carbons (Fsp3) is 0.0714. The van der Waals surface area contributed by atoms with Crippen molar-refractivity contribution in [1.29, 1.82) is 0 Å². The van der Waals surface area contributed by atoms with Gasteiger partial charge < -0.3 is 19.8 Å². The van der Waals surface area contributed by atoms with Crippen LogP contribution in [0.1, 0.15) is 16.1 Å². The highest BCUT2D eigenvalue weighted by Crippen LogP contribution is 2.24. The summed E-state index contributed by atoms with van der Waals surface area (Å²) < 4.78 is 11.3. The molecule has 0 aliphatic rings. The van der Waals surface area contributed by atoms with Crippen LogP contribution in [-0.2, 0) is 4.79 Å². The number of hydrogen-bond donors (Lipinski definition) is 2. The minimum Gasteiger partial charge on any atom is -0.484 e. The largest absolute Gasteiger partial charge is 0.484 e. The van der Waals surface area contributed by atoms with Crippen LogP contribution < -0.4 is 15.4 Å². The van der Waals surface area contributed by atoms with Crippen molar-refractivity contribution in [3.63, 3.8) is 0 Å². The zero-order valence-corrected chi connectivity index (χ0v) is 18.5. The first kappa shape index (κ1) is 21.3. The molecule has 5 aromatic rings. The highest BCUT2D eigenvalue weighted by atomic mass is 16.5. The van der Waals surface area contributed by atoms with Gasteiger partial charge in [0, 0.05) is 16.8 Å².